The Kier molecular flexibility index (Phi) is 30.2. The number of rotatable bonds is 24. The number of nitrogens with two attached hydrogens (primary N) is 5. The maximum atomic E-state index is 12.6. The average molecular weight is 1810 g/mol. The van der Waals surface area contributed by atoms with Gasteiger partial charge in [0.15, 0.2) is 0 Å². The highest BCUT2D eigenvalue weighted by molar-refractivity contribution is 6.09. The van der Waals surface area contributed by atoms with E-state index in [0.29, 0.717) is 135 Å². The molecule has 19 aromatic rings. The number of amides is 5. The van der Waals surface area contributed by atoms with Gasteiger partial charge in [0.1, 0.15) is 11.5 Å². The predicted octanol–water partition coefficient (Wildman–Crippen LogP) is 20.6. The van der Waals surface area contributed by atoms with Crippen LogP contribution in [0.25, 0.3) is 50.0 Å². The maximum Gasteiger partial charge on any atom is 0.295 e. The normalized spacial score (nSPS) is 10.6. The molecule has 0 bridgehead atoms. The lowest BCUT2D eigenvalue weighted by Crippen LogP contribution is -2.14. The molecule has 8 heterocycles. The van der Waals surface area contributed by atoms with Gasteiger partial charge in [0.05, 0.1) is 126 Å². The van der Waals surface area contributed by atoms with Gasteiger partial charge in [-0.15, -0.1) is 0 Å². The molecule has 29 nitrogen and oxygen atoms in total. The Balaban J connectivity index is 0.000000130. The highest BCUT2D eigenvalue weighted by Gasteiger charge is 2.19. The second kappa shape index (κ2) is 44.6. The number of carbonyl (C=O) groups excluding carboxylic acids is 5. The van der Waals surface area contributed by atoms with Crippen molar-refractivity contribution in [2.45, 2.75) is 53.5 Å². The summed E-state index contributed by atoms with van der Waals surface area (Å²) in [6, 6.07) is 96.5. The molecule has 0 radical (unpaired) electrons. The number of furan rings is 2. The van der Waals surface area contributed by atoms with Gasteiger partial charge in [0, 0.05) is 87.4 Å². The lowest BCUT2D eigenvalue weighted by molar-refractivity contribution is 0.101. The van der Waals surface area contributed by atoms with Crippen molar-refractivity contribution < 1.29 is 32.8 Å². The fourth-order valence-corrected chi connectivity index (χ4v) is 14.4. The van der Waals surface area contributed by atoms with Crippen LogP contribution in [0, 0.1) is 27.3 Å². The van der Waals surface area contributed by atoms with Crippen molar-refractivity contribution in [3.8, 4) is 45.2 Å². The average Bonchev–Trinajstić information content (AvgIpc) is 1.85. The number of nitrogens with zero attached hydrogens (tertiary/aromatic N) is 12. The Hall–Kier alpha value is -19.0. The number of carbonyl (C=O) groups is 5. The fraction of sp³-hybridized carbons (Fsp3) is 0.0741. The summed E-state index contributed by atoms with van der Waals surface area (Å²) in [7, 11) is 0. The molecule has 11 aromatic carbocycles. The number of para-hydroxylation sites is 6. The van der Waals surface area contributed by atoms with Crippen molar-refractivity contribution in [3.63, 3.8) is 0 Å². The zero-order valence-corrected chi connectivity index (χ0v) is 74.9. The molecular weight excluding hydrogens is 1720 g/mol. The molecule has 0 unspecified atom stereocenters. The van der Waals surface area contributed by atoms with E-state index in [1.807, 2.05) is 245 Å². The second-order valence-corrected chi connectivity index (χ2v) is 31.7. The van der Waals surface area contributed by atoms with E-state index >= 15 is 0 Å². The molecule has 0 aliphatic rings. The van der Waals surface area contributed by atoms with Crippen LogP contribution in [0.1, 0.15) is 96.4 Å². The van der Waals surface area contributed by atoms with Crippen molar-refractivity contribution in [3.05, 3.63) is 461 Å². The van der Waals surface area contributed by atoms with E-state index in [0.717, 1.165) is 78.3 Å². The van der Waals surface area contributed by atoms with Gasteiger partial charge in [0.25, 0.3) is 35.4 Å². The highest BCUT2D eigenvalue weighted by atomic mass is 16.3. The second-order valence-electron chi connectivity index (χ2n) is 31.7. The molecule has 0 saturated carbocycles. The molecule has 0 aliphatic carbocycles. The number of anilines is 10. The summed E-state index contributed by atoms with van der Waals surface area (Å²) in [6.45, 7) is 16.1. The fourth-order valence-electron chi connectivity index (χ4n) is 14.4. The minimum Gasteiger partial charge on any atom is -0.464 e. The van der Waals surface area contributed by atoms with Crippen molar-refractivity contribution in [1.29, 1.82) is 0 Å². The molecule has 0 fully saturated rings. The van der Waals surface area contributed by atoms with Gasteiger partial charge in [-0.05, 0) is 258 Å². The molecule has 680 valence electrons. The van der Waals surface area contributed by atoms with Crippen LogP contribution in [-0.4, -0.2) is 83.4 Å². The number of hydrogen-bond donors (Lipinski definition) is 10. The summed E-state index contributed by atoms with van der Waals surface area (Å²) in [5.74, 6) is 0.776. The summed E-state index contributed by atoms with van der Waals surface area (Å²) in [6.07, 6.45) is 17.8. The zero-order valence-electron chi connectivity index (χ0n) is 74.9. The lowest BCUT2D eigenvalue weighted by Gasteiger charge is -2.12. The van der Waals surface area contributed by atoms with Crippen molar-refractivity contribution in [2.24, 2.45) is 0 Å². The van der Waals surface area contributed by atoms with Crippen LogP contribution in [0.2, 0.25) is 0 Å². The van der Waals surface area contributed by atoms with Crippen molar-refractivity contribution >= 4 is 92.2 Å². The van der Waals surface area contributed by atoms with E-state index in [2.05, 4.69) is 81.0 Å². The van der Waals surface area contributed by atoms with E-state index in [1.54, 1.807) is 157 Å². The van der Waals surface area contributed by atoms with Crippen molar-refractivity contribution in [1.82, 2.24) is 53.9 Å². The van der Waals surface area contributed by atoms with Gasteiger partial charge in [-0.2, -0.15) is 25.1 Å². The third-order valence-electron chi connectivity index (χ3n) is 21.9. The van der Waals surface area contributed by atoms with Crippen LogP contribution >= 0.6 is 0 Å². The number of pyridine rings is 1. The quantitative estimate of drug-likeness (QED) is 0.0198. The number of benzene rings is 11. The minimum atomic E-state index is -0.219. The molecule has 0 aliphatic heterocycles. The first-order chi connectivity index (χ1) is 66.6. The standard InChI is InChI=1S/C25H24N4O.C22H19N5O.C22H20N4O2.C21H18N4O2.C18H15N5O/c1-17-14-20(25(30)28-24-11-7-6-10-23(24)26)12-13-21(17)16-29-18(2)22(15-27-29)19-8-4-3-5-9-19;23-18-5-1-2-6-19(18)26-22(28)17-10-8-16(9-11-17)15-27-21(12-14-25-27)20-7-3-4-13-24-20;1-15-12-24-26(13-15)14-16-4-6-17(7-5-16)22(27)25-20-11-18(8-9-19(20)23)21-3-2-10-28-21;22-18-9-8-17(20-3-1-12-27-20)13-19(18)24-21(26)16-6-4-15(5-7-16)14-25-11-2-10-23-25;1-20-17-10-11-23(22-17)12-13-6-8-14(9-7-13)18(24)21-16-5-3-2-4-15(16)19/h3-15H,16,26H2,1-2H3,(H,28,30);1-14H,15,23H2,(H,26,28);2-13H,14,23H2,1H3,(H,25,27);1-13H,14,22H2,(H,24,26);2-11H,12,19H2,(H,21,24). The molecule has 8 aromatic heterocycles. The number of hydrogen-bond acceptors (Lipinski definition) is 18. The van der Waals surface area contributed by atoms with E-state index in [1.165, 1.54) is 0 Å². The Bertz CT molecular complexity index is 7350. The Morgan fingerprint density at radius 1 is 0.358 bits per heavy atom. The van der Waals surface area contributed by atoms with Crippen LogP contribution < -0.4 is 55.3 Å². The first-order valence-corrected chi connectivity index (χ1v) is 43.5. The summed E-state index contributed by atoms with van der Waals surface area (Å²) >= 11 is 0. The summed E-state index contributed by atoms with van der Waals surface area (Å²) in [5, 5.41) is 35.8. The highest BCUT2D eigenvalue weighted by Crippen LogP contribution is 2.33. The predicted molar refractivity (Wildman–Crippen MR) is 537 cm³/mol. The van der Waals surface area contributed by atoms with Crippen LogP contribution in [0.5, 0.6) is 0 Å². The summed E-state index contributed by atoms with van der Waals surface area (Å²) < 4.78 is 20.1. The van der Waals surface area contributed by atoms with Gasteiger partial charge in [0.2, 0.25) is 0 Å². The third kappa shape index (κ3) is 25.0. The number of aryl methyl sites for hydroxylation is 2. The molecule has 15 N–H and O–H groups in total. The van der Waals surface area contributed by atoms with Gasteiger partial charge in [-0.25, -0.2) is 0 Å². The van der Waals surface area contributed by atoms with E-state index in [9.17, 15) is 24.0 Å². The first-order valence-electron chi connectivity index (χ1n) is 43.5. The van der Waals surface area contributed by atoms with Crippen LogP contribution in [0.4, 0.5) is 62.7 Å². The molecule has 19 rings (SSSR count). The zero-order chi connectivity index (χ0) is 95.5. The van der Waals surface area contributed by atoms with Gasteiger partial charge in [-0.1, -0.05) is 134 Å². The van der Waals surface area contributed by atoms with E-state index < -0.39 is 0 Å². The minimum absolute atomic E-state index is 0.177. The summed E-state index contributed by atoms with van der Waals surface area (Å²) in [5.41, 5.74) is 52.4. The molecule has 29 heteroatoms. The van der Waals surface area contributed by atoms with E-state index in [4.69, 9.17) is 44.1 Å². The van der Waals surface area contributed by atoms with Gasteiger partial charge in [-0.3, -0.25) is 47.7 Å². The first kappa shape index (κ1) is 92.7. The topological polar surface area (TPSA) is 408 Å². The maximum absolute atomic E-state index is 12.6. The Morgan fingerprint density at radius 3 is 1.26 bits per heavy atom. The summed E-state index contributed by atoms with van der Waals surface area (Å²) in [4.78, 5) is 70.2. The SMILES string of the molecule is Cc1cc(C(=O)Nc2ccccc2N)ccc1Cn1ncc(-c2ccccc2)c1C.Cc1cnn(Cc2ccc(C(=O)Nc3cc(-c4ccco4)ccc3N)cc2)c1.Nc1ccc(-c2ccco2)cc1NC(=O)c1ccc(Cn2cccn2)cc1.Nc1ccccc1NC(=O)c1ccc(Cn2nccc2-c2ccccn2)cc1.[C-]#[N+]c1ccn(Cc2ccc(C(=O)Nc3ccccc3N)cc2)n1. The molecular formula is C108H96N22O7. The Labute approximate surface area is 789 Å². The molecule has 0 saturated heterocycles. The van der Waals surface area contributed by atoms with Crippen LogP contribution in [0.3, 0.4) is 0 Å². The third-order valence-corrected chi connectivity index (χ3v) is 21.9. The van der Waals surface area contributed by atoms with Gasteiger partial charge < -0.3 is 68.9 Å². The largest absolute Gasteiger partial charge is 0.464 e. The molecule has 137 heavy (non-hydrogen) atoms. The monoisotopic (exact) mass is 1810 g/mol. The molecule has 0 atom stereocenters. The van der Waals surface area contributed by atoms with Crippen LogP contribution in [0.15, 0.2) is 386 Å². The van der Waals surface area contributed by atoms with Crippen LogP contribution in [-0.2, 0) is 32.7 Å². The number of nitrogens with one attached hydrogen (secondary N) is 5. The van der Waals surface area contributed by atoms with Crippen molar-refractivity contribution in [2.75, 3.05) is 55.3 Å². The number of aromatic nitrogens is 11. The molecule has 5 amide bonds. The Morgan fingerprint density at radius 2 is 0.818 bits per heavy atom. The van der Waals surface area contributed by atoms with Gasteiger partial charge >= 0.3 is 0 Å². The molecule has 0 spiro atoms. The lowest BCUT2D eigenvalue weighted by atomic mass is 10.0. The smallest absolute Gasteiger partial charge is 0.295 e. The number of nitrogen functional groups attached to an aromatic ring is 5. The van der Waals surface area contributed by atoms with E-state index in [-0.39, 0.29) is 29.5 Å².